The Hall–Kier alpha value is -2.22. The van der Waals surface area contributed by atoms with E-state index in [1.807, 2.05) is 49.7 Å². The summed E-state index contributed by atoms with van der Waals surface area (Å²) < 4.78 is 11.2. The fourth-order valence-electron chi connectivity index (χ4n) is 2.33. The number of ether oxygens (including phenoxy) is 1. The van der Waals surface area contributed by atoms with Gasteiger partial charge in [0.2, 0.25) is 0 Å². The van der Waals surface area contributed by atoms with Gasteiger partial charge in [0.05, 0.1) is 10.7 Å². The second kappa shape index (κ2) is 10.2. The van der Waals surface area contributed by atoms with Crippen molar-refractivity contribution in [1.82, 2.24) is 20.4 Å². The third-order valence-corrected chi connectivity index (χ3v) is 4.65. The highest BCUT2D eigenvalue weighted by Gasteiger charge is 2.08. The van der Waals surface area contributed by atoms with E-state index < -0.39 is 0 Å². The number of nitrogens with one attached hydrogen (secondary N) is 1. The zero-order chi connectivity index (χ0) is 18.4. The fraction of sp³-hybridized carbons (Fsp3) is 0.316. The second-order valence-corrected chi connectivity index (χ2v) is 7.02. The van der Waals surface area contributed by atoms with E-state index in [0.717, 1.165) is 28.4 Å². The van der Waals surface area contributed by atoms with Crippen LogP contribution in [0, 0.1) is 6.92 Å². The smallest absolute Gasteiger partial charge is 0.250 e. The SMILES string of the molecule is CNC(C)Cc1noc(/C=C/c2ccccc2OCc2csc(C)n2)n1.Cl. The number of para-hydroxylation sites is 1. The van der Waals surface area contributed by atoms with Crippen LogP contribution in [0.5, 0.6) is 5.75 Å². The van der Waals surface area contributed by atoms with Gasteiger partial charge in [0.1, 0.15) is 12.4 Å². The molecule has 1 unspecified atom stereocenters. The summed E-state index contributed by atoms with van der Waals surface area (Å²) in [5.41, 5.74) is 1.88. The lowest BCUT2D eigenvalue weighted by Gasteiger charge is -2.07. The van der Waals surface area contributed by atoms with Crippen molar-refractivity contribution >= 4 is 35.9 Å². The first-order valence-electron chi connectivity index (χ1n) is 8.45. The molecule has 6 nitrogen and oxygen atoms in total. The van der Waals surface area contributed by atoms with Crippen molar-refractivity contribution in [1.29, 1.82) is 0 Å². The maximum Gasteiger partial charge on any atom is 0.250 e. The minimum Gasteiger partial charge on any atom is -0.487 e. The number of halogens is 1. The molecule has 0 saturated carbocycles. The van der Waals surface area contributed by atoms with Gasteiger partial charge in [-0.25, -0.2) is 4.98 Å². The topological polar surface area (TPSA) is 73.1 Å². The van der Waals surface area contributed by atoms with Gasteiger partial charge in [0, 0.05) is 29.5 Å². The summed E-state index contributed by atoms with van der Waals surface area (Å²) >= 11 is 1.62. The molecule has 0 radical (unpaired) electrons. The molecular weight excluding hydrogens is 384 g/mol. The molecule has 8 heteroatoms. The van der Waals surface area contributed by atoms with Crippen LogP contribution in [-0.4, -0.2) is 28.2 Å². The minimum absolute atomic E-state index is 0. The highest BCUT2D eigenvalue weighted by Crippen LogP contribution is 2.22. The number of thiazole rings is 1. The first-order chi connectivity index (χ1) is 12.6. The number of hydrogen-bond acceptors (Lipinski definition) is 7. The van der Waals surface area contributed by atoms with Crippen LogP contribution in [0.3, 0.4) is 0 Å². The van der Waals surface area contributed by atoms with Gasteiger partial charge < -0.3 is 14.6 Å². The van der Waals surface area contributed by atoms with Crippen molar-refractivity contribution < 1.29 is 9.26 Å². The van der Waals surface area contributed by atoms with Crippen molar-refractivity contribution in [3.8, 4) is 5.75 Å². The minimum atomic E-state index is 0. The second-order valence-electron chi connectivity index (χ2n) is 5.96. The van der Waals surface area contributed by atoms with E-state index >= 15 is 0 Å². The van der Waals surface area contributed by atoms with Crippen LogP contribution in [-0.2, 0) is 13.0 Å². The maximum atomic E-state index is 5.92. The molecule has 0 amide bonds. The molecule has 2 aromatic heterocycles. The first-order valence-corrected chi connectivity index (χ1v) is 9.33. The predicted octanol–water partition coefficient (Wildman–Crippen LogP) is 4.16. The van der Waals surface area contributed by atoms with Gasteiger partial charge in [-0.1, -0.05) is 23.4 Å². The van der Waals surface area contributed by atoms with Gasteiger partial charge >= 0.3 is 0 Å². The summed E-state index contributed by atoms with van der Waals surface area (Å²) in [5.74, 6) is 1.96. The van der Waals surface area contributed by atoms with Gasteiger partial charge in [-0.2, -0.15) is 4.98 Å². The number of hydrogen-bond donors (Lipinski definition) is 1. The Balaban J connectivity index is 0.00000261. The maximum absolute atomic E-state index is 5.92. The van der Waals surface area contributed by atoms with E-state index in [9.17, 15) is 0 Å². The average Bonchev–Trinajstić information content (AvgIpc) is 3.27. The fourth-order valence-corrected chi connectivity index (χ4v) is 2.93. The molecule has 0 fully saturated rings. The van der Waals surface area contributed by atoms with E-state index in [1.54, 1.807) is 17.4 Å². The zero-order valence-electron chi connectivity index (χ0n) is 15.5. The van der Waals surface area contributed by atoms with Crippen LogP contribution < -0.4 is 10.1 Å². The molecule has 144 valence electrons. The molecule has 0 aliphatic rings. The molecule has 27 heavy (non-hydrogen) atoms. The molecule has 0 aliphatic heterocycles. The quantitative estimate of drug-likeness (QED) is 0.605. The Bertz CT molecular complexity index is 878. The standard InChI is InChI=1S/C19H22N4O2S.ClH/c1-13(20-3)10-18-22-19(25-23-18)9-8-15-6-4-5-7-17(15)24-11-16-12-26-14(2)21-16;/h4-9,12-13,20H,10-11H2,1-3H3;1H/b9-8+;. The molecule has 0 bridgehead atoms. The van der Waals surface area contributed by atoms with Gasteiger partial charge in [-0.15, -0.1) is 23.7 Å². The monoisotopic (exact) mass is 406 g/mol. The number of benzene rings is 1. The lowest BCUT2D eigenvalue weighted by Crippen LogP contribution is -2.24. The van der Waals surface area contributed by atoms with Gasteiger partial charge in [0.25, 0.3) is 5.89 Å². The molecule has 3 rings (SSSR count). The van der Waals surface area contributed by atoms with Gasteiger partial charge in [-0.05, 0) is 33.0 Å². The van der Waals surface area contributed by atoms with Crippen LogP contribution in [0.4, 0.5) is 0 Å². The highest BCUT2D eigenvalue weighted by atomic mass is 35.5. The summed E-state index contributed by atoms with van der Waals surface area (Å²) in [5, 5.41) is 10.2. The third-order valence-electron chi connectivity index (χ3n) is 3.83. The van der Waals surface area contributed by atoms with E-state index in [1.165, 1.54) is 0 Å². The van der Waals surface area contributed by atoms with Crippen molar-refractivity contribution in [3.05, 3.63) is 57.6 Å². The molecule has 0 spiro atoms. The molecule has 3 aromatic rings. The van der Waals surface area contributed by atoms with Gasteiger partial charge in [-0.3, -0.25) is 0 Å². The molecule has 0 aliphatic carbocycles. The lowest BCUT2D eigenvalue weighted by atomic mass is 10.2. The largest absolute Gasteiger partial charge is 0.487 e. The van der Waals surface area contributed by atoms with Crippen molar-refractivity contribution in [3.63, 3.8) is 0 Å². The molecule has 1 N–H and O–H groups in total. The first kappa shape index (κ1) is 21.1. The van der Waals surface area contributed by atoms with Crippen LogP contribution in [0.25, 0.3) is 12.2 Å². The van der Waals surface area contributed by atoms with Crippen LogP contribution in [0.1, 0.15) is 34.9 Å². The molecule has 0 saturated heterocycles. The Morgan fingerprint density at radius 3 is 2.81 bits per heavy atom. The van der Waals surface area contributed by atoms with Crippen molar-refractivity contribution in [2.75, 3.05) is 7.05 Å². The number of likely N-dealkylation sites (N-methyl/N-ethyl adjacent to an activating group) is 1. The van der Waals surface area contributed by atoms with E-state index in [4.69, 9.17) is 9.26 Å². The average molecular weight is 407 g/mol. The van der Waals surface area contributed by atoms with Crippen LogP contribution in [0.2, 0.25) is 0 Å². The predicted molar refractivity (Wildman–Crippen MR) is 110 cm³/mol. The van der Waals surface area contributed by atoms with E-state index in [2.05, 4.69) is 27.4 Å². The Morgan fingerprint density at radius 2 is 2.07 bits per heavy atom. The molecule has 1 atom stereocenters. The Labute approximate surface area is 169 Å². The van der Waals surface area contributed by atoms with Crippen LogP contribution in [0.15, 0.2) is 34.2 Å². The molecular formula is C19H23ClN4O2S. The summed E-state index contributed by atoms with van der Waals surface area (Å²) in [4.78, 5) is 8.80. The lowest BCUT2D eigenvalue weighted by molar-refractivity contribution is 0.301. The van der Waals surface area contributed by atoms with Crippen molar-refractivity contribution in [2.45, 2.75) is 32.9 Å². The number of aromatic nitrogens is 3. The highest BCUT2D eigenvalue weighted by molar-refractivity contribution is 7.09. The Morgan fingerprint density at radius 1 is 1.26 bits per heavy atom. The van der Waals surface area contributed by atoms with Crippen molar-refractivity contribution in [2.24, 2.45) is 0 Å². The van der Waals surface area contributed by atoms with E-state index in [0.29, 0.717) is 24.4 Å². The Kier molecular flexibility index (Phi) is 7.97. The summed E-state index contributed by atoms with van der Waals surface area (Å²) in [6.07, 6.45) is 4.44. The number of aryl methyl sites for hydroxylation is 1. The summed E-state index contributed by atoms with van der Waals surface area (Å²) in [6.45, 7) is 4.51. The normalized spacial score (nSPS) is 12.1. The summed E-state index contributed by atoms with van der Waals surface area (Å²) in [7, 11) is 1.91. The number of nitrogens with zero attached hydrogens (tertiary/aromatic N) is 3. The molecule has 2 heterocycles. The summed E-state index contributed by atoms with van der Waals surface area (Å²) in [6, 6.07) is 8.13. The number of rotatable bonds is 8. The molecule has 1 aromatic carbocycles. The van der Waals surface area contributed by atoms with E-state index in [-0.39, 0.29) is 12.4 Å². The third kappa shape index (κ3) is 6.16. The van der Waals surface area contributed by atoms with Crippen LogP contribution >= 0.6 is 23.7 Å². The van der Waals surface area contributed by atoms with Gasteiger partial charge in [0.15, 0.2) is 5.82 Å². The zero-order valence-corrected chi connectivity index (χ0v) is 17.1.